The normalized spacial score (nSPS) is 21.1. The summed E-state index contributed by atoms with van der Waals surface area (Å²) in [6.45, 7) is 12.5. The van der Waals surface area contributed by atoms with E-state index in [-0.39, 0.29) is 70.8 Å². The fourth-order valence-corrected chi connectivity index (χ4v) is 7.83. The van der Waals surface area contributed by atoms with Crippen LogP contribution in [0.3, 0.4) is 0 Å². The Morgan fingerprint density at radius 3 is 1.57 bits per heavy atom. The number of carboxylic acid groups (broad SMARTS) is 1. The van der Waals surface area contributed by atoms with Gasteiger partial charge in [0.2, 0.25) is 18.6 Å². The van der Waals surface area contributed by atoms with Gasteiger partial charge in [-0.05, 0) is 107 Å². The van der Waals surface area contributed by atoms with Gasteiger partial charge in [0.25, 0.3) is 11.8 Å². The van der Waals surface area contributed by atoms with Crippen molar-refractivity contribution in [2.45, 2.75) is 98.4 Å². The molecule has 0 spiro atoms. The van der Waals surface area contributed by atoms with Gasteiger partial charge in [0.15, 0.2) is 0 Å². The summed E-state index contributed by atoms with van der Waals surface area (Å²) in [6, 6.07) is 12.7. The maximum Gasteiger partial charge on any atom is 1.00 e. The van der Waals surface area contributed by atoms with E-state index in [2.05, 4.69) is 10.6 Å². The van der Waals surface area contributed by atoms with Gasteiger partial charge in [-0.1, -0.05) is 38.1 Å². The van der Waals surface area contributed by atoms with Crippen molar-refractivity contribution in [2.75, 3.05) is 19.9 Å². The second-order valence-corrected chi connectivity index (χ2v) is 16.3. The van der Waals surface area contributed by atoms with Crippen LogP contribution in [-0.2, 0) is 33.4 Å². The van der Waals surface area contributed by atoms with Gasteiger partial charge in [-0.3, -0.25) is 24.0 Å². The minimum atomic E-state index is -1.43. The van der Waals surface area contributed by atoms with Crippen molar-refractivity contribution >= 4 is 52.7 Å². The van der Waals surface area contributed by atoms with Crippen LogP contribution in [0.25, 0.3) is 11.1 Å². The van der Waals surface area contributed by atoms with Gasteiger partial charge in [0, 0.05) is 24.2 Å². The molecule has 17 heteroatoms. The molecule has 0 radical (unpaired) electrons. The second kappa shape index (κ2) is 20.3. The number of esters is 2. The first-order valence-corrected chi connectivity index (χ1v) is 20.1. The van der Waals surface area contributed by atoms with Crippen LogP contribution in [-0.4, -0.2) is 106 Å². The largest absolute Gasteiger partial charge is 1.00 e. The first kappa shape index (κ1) is 48.8. The van der Waals surface area contributed by atoms with Crippen molar-refractivity contribution in [1.29, 1.82) is 0 Å². The number of aliphatic hydroxyl groups excluding tert-OH is 2. The number of β-lactam (4-membered cyclic amide) rings is 2. The molecule has 4 N–H and O–H groups in total. The van der Waals surface area contributed by atoms with E-state index < -0.39 is 60.1 Å². The molecule has 16 nitrogen and oxygen atoms in total. The molecule has 2 aromatic carbocycles. The number of aliphatic hydroxyl groups is 2. The average molecular weight is 853 g/mol. The van der Waals surface area contributed by atoms with Crippen LogP contribution in [0.5, 0.6) is 0 Å². The molecule has 4 aliphatic heterocycles. The molecule has 4 aliphatic rings. The van der Waals surface area contributed by atoms with Crippen molar-refractivity contribution in [2.24, 2.45) is 17.3 Å². The van der Waals surface area contributed by atoms with Gasteiger partial charge >= 0.3 is 41.5 Å². The monoisotopic (exact) mass is 852 g/mol. The van der Waals surface area contributed by atoms with Crippen LogP contribution in [0.15, 0.2) is 59.9 Å². The summed E-state index contributed by atoms with van der Waals surface area (Å²) < 4.78 is 10.2. The van der Waals surface area contributed by atoms with Gasteiger partial charge in [0.05, 0.1) is 53.2 Å². The zero-order valence-corrected chi connectivity index (χ0v) is 37.9. The van der Waals surface area contributed by atoms with E-state index in [1.54, 1.807) is 76.2 Å². The molecular formula is C44H53N4NaO12. The Bertz CT molecular complexity index is 2120. The number of nitrogens with one attached hydrogen (secondary N) is 2. The molecule has 6 rings (SSSR count). The zero-order chi connectivity index (χ0) is 44.2. The van der Waals surface area contributed by atoms with Crippen molar-refractivity contribution in [3.8, 4) is 0 Å². The van der Waals surface area contributed by atoms with E-state index >= 15 is 0 Å². The number of rotatable bonds is 14. The molecule has 0 saturated carbocycles. The smallest absolute Gasteiger partial charge is 0.543 e. The number of hydrogen-bond acceptors (Lipinski definition) is 12. The Labute approximate surface area is 377 Å². The first-order chi connectivity index (χ1) is 28.3. The van der Waals surface area contributed by atoms with Crippen LogP contribution in [0.1, 0.15) is 106 Å². The fourth-order valence-electron chi connectivity index (χ4n) is 7.83. The molecule has 61 heavy (non-hydrogen) atoms. The number of aliphatic carboxylic acids is 1. The van der Waals surface area contributed by atoms with Gasteiger partial charge < -0.3 is 50.0 Å². The molecular weight excluding hydrogens is 799 g/mol. The van der Waals surface area contributed by atoms with E-state index in [1.165, 1.54) is 16.7 Å². The maximum absolute atomic E-state index is 13.0. The van der Waals surface area contributed by atoms with E-state index in [1.807, 2.05) is 13.8 Å². The van der Waals surface area contributed by atoms with Crippen LogP contribution in [0, 0.1) is 17.3 Å². The van der Waals surface area contributed by atoms with E-state index in [0.29, 0.717) is 59.3 Å². The number of carbonyl (C=O) groups is 7. The van der Waals surface area contributed by atoms with Gasteiger partial charge in [-0.2, -0.15) is 0 Å². The third-order valence-electron chi connectivity index (χ3n) is 10.9. The quantitative estimate of drug-likeness (QED) is 0.0788. The minimum Gasteiger partial charge on any atom is -0.543 e. The summed E-state index contributed by atoms with van der Waals surface area (Å²) in [5, 5.41) is 37.1. The minimum absolute atomic E-state index is 0. The average Bonchev–Trinajstić information content (AvgIpc) is 3.72. The fraction of sp³-hybridized carbons (Fsp3) is 0.477. The maximum atomic E-state index is 13.0. The molecule has 4 heterocycles. The molecule has 2 aromatic rings. The molecule has 2 fully saturated rings. The third-order valence-corrected chi connectivity index (χ3v) is 10.9. The van der Waals surface area contributed by atoms with Gasteiger partial charge in [0.1, 0.15) is 5.70 Å². The SMILES string of the molecule is CCCNC(=O)c1cccc(C2=C(C(=O)OCOC(=O)C(C)(C)C)N3C(=O)[C@H]([C@@H](C)O)[C@H]3C2)c1.CCCNC(=O)c1cccc(C2=C(C(=O)[O-])N3C(=O)[C@H]([C@@H](C)O)[C@H]3C2)c1.[Na+]. The Morgan fingerprint density at radius 2 is 1.18 bits per heavy atom. The summed E-state index contributed by atoms with van der Waals surface area (Å²) >= 11 is 0. The predicted molar refractivity (Wildman–Crippen MR) is 214 cm³/mol. The summed E-state index contributed by atoms with van der Waals surface area (Å²) in [5.41, 5.74) is 2.15. The van der Waals surface area contributed by atoms with Crippen LogP contribution < -0.4 is 45.3 Å². The standard InChI is InChI=1S/C25H32N2O7.C19H22N2O5.Na/c1-6-10-26-21(29)16-9-7-8-15(11-16)17-12-18-19(14(2)28)22(30)27(18)20(17)23(31)33-13-34-24(32)25(3,4)5;1-3-7-20-17(23)12-6-4-5-11(8-12)13-9-14-15(10(2)22)18(24)21(14)16(13)19(25)26;/h7-9,11,14,18-19,28H,6,10,12-13H2,1-5H3,(H,26,29);4-6,8,10,14-15,22H,3,7,9H2,1-2H3,(H,20,23)(H,25,26);/q;;+1/p-1/t14-,18-,19-;10-,14-,15-;/m11./s1. The Hall–Kier alpha value is -4.87. The third kappa shape index (κ3) is 10.3. The summed E-state index contributed by atoms with van der Waals surface area (Å²) in [5.74, 6) is -5.25. The number of nitrogens with zero attached hydrogens (tertiary/aromatic N) is 2. The molecule has 4 amide bonds. The van der Waals surface area contributed by atoms with Crippen molar-refractivity contribution in [3.05, 3.63) is 82.2 Å². The van der Waals surface area contributed by atoms with Crippen LogP contribution in [0.4, 0.5) is 0 Å². The number of carbonyl (C=O) groups excluding carboxylic acids is 7. The number of ether oxygens (including phenoxy) is 2. The number of benzene rings is 2. The second-order valence-electron chi connectivity index (χ2n) is 16.3. The summed E-state index contributed by atoms with van der Waals surface area (Å²) in [4.78, 5) is 88.8. The Balaban J connectivity index is 0.000000273. The Morgan fingerprint density at radius 1 is 0.754 bits per heavy atom. The van der Waals surface area contributed by atoms with Gasteiger partial charge in [-0.15, -0.1) is 0 Å². The molecule has 0 unspecified atom stereocenters. The number of carboxylic acids is 1. The molecule has 0 bridgehead atoms. The van der Waals surface area contributed by atoms with Crippen LogP contribution >= 0.6 is 0 Å². The molecule has 6 atom stereocenters. The number of hydrogen-bond donors (Lipinski definition) is 4. The summed E-state index contributed by atoms with van der Waals surface area (Å²) in [6.07, 6.45) is 0.524. The topological polar surface area (TPSA) is 232 Å². The number of fused-ring (bicyclic) bond motifs is 2. The zero-order valence-electron chi connectivity index (χ0n) is 35.9. The predicted octanol–water partition coefficient (Wildman–Crippen LogP) is -0.858. The van der Waals surface area contributed by atoms with Crippen molar-refractivity contribution in [1.82, 2.24) is 20.4 Å². The van der Waals surface area contributed by atoms with Crippen molar-refractivity contribution < 1.29 is 87.9 Å². The molecule has 2 saturated heterocycles. The van der Waals surface area contributed by atoms with Crippen LogP contribution in [0.2, 0.25) is 0 Å². The van der Waals surface area contributed by atoms with E-state index in [4.69, 9.17) is 9.47 Å². The first-order valence-electron chi connectivity index (χ1n) is 20.1. The van der Waals surface area contributed by atoms with E-state index in [9.17, 15) is 48.9 Å². The van der Waals surface area contributed by atoms with Gasteiger partial charge in [-0.25, -0.2) is 4.79 Å². The van der Waals surface area contributed by atoms with E-state index in [0.717, 1.165) is 12.8 Å². The molecule has 0 aliphatic carbocycles. The molecule has 0 aromatic heterocycles. The number of amides is 4. The Kier molecular flexibility index (Phi) is 16.3. The summed E-state index contributed by atoms with van der Waals surface area (Å²) in [7, 11) is 0. The molecule has 322 valence electrons. The van der Waals surface area contributed by atoms with Crippen molar-refractivity contribution in [3.63, 3.8) is 0 Å².